The first kappa shape index (κ1) is 20.2. The predicted octanol–water partition coefficient (Wildman–Crippen LogP) is 2.84. The van der Waals surface area contributed by atoms with Crippen molar-refractivity contribution in [1.82, 2.24) is 15.2 Å². The van der Waals surface area contributed by atoms with Crippen molar-refractivity contribution < 1.29 is 4.79 Å². The van der Waals surface area contributed by atoms with Gasteiger partial charge in [-0.3, -0.25) is 9.78 Å². The first-order valence-electron chi connectivity index (χ1n) is 7.16. The zero-order valence-corrected chi connectivity index (χ0v) is 14.3. The summed E-state index contributed by atoms with van der Waals surface area (Å²) in [7, 11) is 0. The molecule has 2 heterocycles. The van der Waals surface area contributed by atoms with Crippen LogP contribution >= 0.6 is 24.8 Å². The van der Waals surface area contributed by atoms with Crippen molar-refractivity contribution in [3.8, 4) is 0 Å². The molecule has 1 fully saturated rings. The third-order valence-electron chi connectivity index (χ3n) is 3.63. The van der Waals surface area contributed by atoms with Gasteiger partial charge in [0.05, 0.1) is 5.56 Å². The van der Waals surface area contributed by atoms with Crippen LogP contribution in [0.3, 0.4) is 0 Å². The number of piperidine rings is 1. The molecule has 120 valence electrons. The maximum atomic E-state index is 12.6. The number of aryl methyl sites for hydroxylation is 1. The Labute approximate surface area is 139 Å². The second-order valence-electron chi connectivity index (χ2n) is 5.17. The van der Waals surface area contributed by atoms with Crippen molar-refractivity contribution in [3.63, 3.8) is 0 Å². The monoisotopic (exact) mass is 333 g/mol. The van der Waals surface area contributed by atoms with Crippen molar-refractivity contribution in [2.45, 2.75) is 39.2 Å². The van der Waals surface area contributed by atoms with Gasteiger partial charge in [-0.15, -0.1) is 24.8 Å². The summed E-state index contributed by atoms with van der Waals surface area (Å²) in [4.78, 5) is 18.9. The number of pyridine rings is 1. The number of halogens is 2. The average molecular weight is 334 g/mol. The fourth-order valence-electron chi connectivity index (χ4n) is 2.57. The second kappa shape index (κ2) is 9.98. The summed E-state index contributed by atoms with van der Waals surface area (Å²) in [6.07, 6.45) is 4.78. The van der Waals surface area contributed by atoms with Crippen LogP contribution in [-0.4, -0.2) is 41.5 Å². The summed E-state index contributed by atoms with van der Waals surface area (Å²) >= 11 is 0. The highest BCUT2D eigenvalue weighted by Gasteiger charge is 2.25. The Bertz CT molecular complexity index is 419. The molecule has 0 atom stereocenters. The minimum atomic E-state index is 0. The highest BCUT2D eigenvalue weighted by molar-refractivity contribution is 5.94. The minimum Gasteiger partial charge on any atom is -0.336 e. The first-order chi connectivity index (χ1) is 9.22. The summed E-state index contributed by atoms with van der Waals surface area (Å²) in [5, 5.41) is 3.35. The number of aromatic nitrogens is 1. The van der Waals surface area contributed by atoms with E-state index in [0.717, 1.165) is 44.6 Å². The van der Waals surface area contributed by atoms with Crippen LogP contribution in [0.1, 0.15) is 42.2 Å². The Hall–Kier alpha value is -0.840. The van der Waals surface area contributed by atoms with E-state index in [1.54, 1.807) is 6.20 Å². The molecule has 21 heavy (non-hydrogen) atoms. The van der Waals surface area contributed by atoms with Gasteiger partial charge in [0.25, 0.3) is 5.91 Å². The zero-order chi connectivity index (χ0) is 13.7. The molecule has 0 radical (unpaired) electrons. The molecule has 0 saturated carbocycles. The number of amides is 1. The van der Waals surface area contributed by atoms with E-state index in [-0.39, 0.29) is 30.7 Å². The fraction of sp³-hybridized carbons (Fsp3) is 0.600. The SMILES string of the molecule is CCCN(C(=O)c1ccc(C)nc1)C1CCNCC1.Cl.Cl. The highest BCUT2D eigenvalue weighted by Crippen LogP contribution is 2.16. The van der Waals surface area contributed by atoms with E-state index in [2.05, 4.69) is 17.2 Å². The quantitative estimate of drug-likeness (QED) is 0.921. The van der Waals surface area contributed by atoms with E-state index in [9.17, 15) is 4.79 Å². The van der Waals surface area contributed by atoms with Gasteiger partial charge in [0, 0.05) is 24.5 Å². The van der Waals surface area contributed by atoms with Crippen LogP contribution in [0, 0.1) is 6.92 Å². The molecule has 1 aliphatic rings. The maximum Gasteiger partial charge on any atom is 0.255 e. The lowest BCUT2D eigenvalue weighted by atomic mass is 10.0. The fourth-order valence-corrected chi connectivity index (χ4v) is 2.57. The van der Waals surface area contributed by atoms with Crippen LogP contribution in [0.25, 0.3) is 0 Å². The third-order valence-corrected chi connectivity index (χ3v) is 3.63. The van der Waals surface area contributed by atoms with Gasteiger partial charge in [-0.25, -0.2) is 0 Å². The van der Waals surface area contributed by atoms with E-state index >= 15 is 0 Å². The normalized spacial score (nSPS) is 14.8. The molecule has 0 unspecified atom stereocenters. The average Bonchev–Trinajstić information content (AvgIpc) is 2.46. The van der Waals surface area contributed by atoms with Gasteiger partial charge in [-0.05, 0) is 51.4 Å². The molecule has 1 aliphatic heterocycles. The predicted molar refractivity (Wildman–Crippen MR) is 90.7 cm³/mol. The number of nitrogens with zero attached hydrogens (tertiary/aromatic N) is 2. The molecule has 1 amide bonds. The molecule has 2 rings (SSSR count). The van der Waals surface area contributed by atoms with E-state index in [4.69, 9.17) is 0 Å². The van der Waals surface area contributed by atoms with Crippen LogP contribution < -0.4 is 5.32 Å². The summed E-state index contributed by atoms with van der Waals surface area (Å²) < 4.78 is 0. The molecule has 6 heteroatoms. The molecule has 0 spiro atoms. The van der Waals surface area contributed by atoms with E-state index in [1.165, 1.54) is 0 Å². The maximum absolute atomic E-state index is 12.6. The van der Waals surface area contributed by atoms with Gasteiger partial charge in [0.15, 0.2) is 0 Å². The molecule has 1 N–H and O–H groups in total. The van der Waals surface area contributed by atoms with Crippen LogP contribution in [0.15, 0.2) is 18.3 Å². The topological polar surface area (TPSA) is 45.2 Å². The van der Waals surface area contributed by atoms with Crippen molar-refractivity contribution in [1.29, 1.82) is 0 Å². The van der Waals surface area contributed by atoms with Crippen molar-refractivity contribution in [2.75, 3.05) is 19.6 Å². The van der Waals surface area contributed by atoms with Crippen LogP contribution in [0.5, 0.6) is 0 Å². The Morgan fingerprint density at radius 1 is 1.33 bits per heavy atom. The zero-order valence-electron chi connectivity index (χ0n) is 12.7. The Kier molecular flexibility index (Phi) is 9.58. The van der Waals surface area contributed by atoms with Gasteiger partial charge >= 0.3 is 0 Å². The van der Waals surface area contributed by atoms with Crippen molar-refractivity contribution >= 4 is 30.7 Å². The minimum absolute atomic E-state index is 0. The third kappa shape index (κ3) is 5.46. The molecule has 1 saturated heterocycles. The molecular weight excluding hydrogens is 309 g/mol. The number of carbonyl (C=O) groups is 1. The Morgan fingerprint density at radius 2 is 2.00 bits per heavy atom. The van der Waals surface area contributed by atoms with Crippen LogP contribution in [0.2, 0.25) is 0 Å². The lowest BCUT2D eigenvalue weighted by Gasteiger charge is -2.34. The molecule has 4 nitrogen and oxygen atoms in total. The number of nitrogens with one attached hydrogen (secondary N) is 1. The largest absolute Gasteiger partial charge is 0.336 e. The molecule has 0 aliphatic carbocycles. The number of carbonyl (C=O) groups excluding carboxylic acids is 1. The molecule has 1 aromatic heterocycles. The van der Waals surface area contributed by atoms with Gasteiger partial charge in [-0.2, -0.15) is 0 Å². The number of rotatable bonds is 4. The standard InChI is InChI=1S/C15H23N3O.2ClH/c1-3-10-18(14-6-8-16-9-7-14)15(19)13-5-4-12(2)17-11-13;;/h4-5,11,14,16H,3,6-10H2,1-2H3;2*1H. The van der Waals surface area contributed by atoms with E-state index in [0.29, 0.717) is 11.6 Å². The smallest absolute Gasteiger partial charge is 0.255 e. The summed E-state index contributed by atoms with van der Waals surface area (Å²) in [5.74, 6) is 0.126. The van der Waals surface area contributed by atoms with Gasteiger partial charge in [-0.1, -0.05) is 6.92 Å². The highest BCUT2D eigenvalue weighted by atomic mass is 35.5. The lowest BCUT2D eigenvalue weighted by Crippen LogP contribution is -2.46. The van der Waals surface area contributed by atoms with E-state index < -0.39 is 0 Å². The molecular formula is C15H25Cl2N3O. The van der Waals surface area contributed by atoms with Crippen LogP contribution in [0.4, 0.5) is 0 Å². The molecule has 1 aromatic rings. The number of hydrogen-bond acceptors (Lipinski definition) is 3. The second-order valence-corrected chi connectivity index (χ2v) is 5.17. The van der Waals surface area contributed by atoms with Gasteiger partial charge in [0.1, 0.15) is 0 Å². The van der Waals surface area contributed by atoms with Gasteiger partial charge in [0.2, 0.25) is 0 Å². The molecule has 0 bridgehead atoms. The van der Waals surface area contributed by atoms with Crippen molar-refractivity contribution in [3.05, 3.63) is 29.6 Å². The summed E-state index contributed by atoms with van der Waals surface area (Å²) in [6, 6.07) is 4.16. The summed E-state index contributed by atoms with van der Waals surface area (Å²) in [5.41, 5.74) is 1.65. The van der Waals surface area contributed by atoms with Crippen molar-refractivity contribution in [2.24, 2.45) is 0 Å². The van der Waals surface area contributed by atoms with E-state index in [1.807, 2.05) is 24.0 Å². The Balaban J connectivity index is 0.00000200. The van der Waals surface area contributed by atoms with Gasteiger partial charge < -0.3 is 10.2 Å². The lowest BCUT2D eigenvalue weighted by molar-refractivity contribution is 0.0642. The van der Waals surface area contributed by atoms with Crippen LogP contribution in [-0.2, 0) is 0 Å². The summed E-state index contributed by atoms with van der Waals surface area (Å²) in [6.45, 7) is 6.89. The first-order valence-corrected chi connectivity index (χ1v) is 7.16. The molecule has 0 aromatic carbocycles. The Morgan fingerprint density at radius 3 is 2.52 bits per heavy atom. The number of hydrogen-bond donors (Lipinski definition) is 1.